The number of ether oxygens (including phenoxy) is 1. The molecular formula is C11H10ClN3OS. The zero-order valence-electron chi connectivity index (χ0n) is 8.81. The molecule has 88 valence electrons. The minimum Gasteiger partial charge on any atom is -0.486 e. The molecule has 0 fully saturated rings. The zero-order valence-corrected chi connectivity index (χ0v) is 10.4. The van der Waals surface area contributed by atoms with Gasteiger partial charge in [0.15, 0.2) is 0 Å². The van der Waals surface area contributed by atoms with E-state index in [4.69, 9.17) is 27.5 Å². The van der Waals surface area contributed by atoms with Gasteiger partial charge in [-0.3, -0.25) is 10.4 Å². The lowest BCUT2D eigenvalue weighted by molar-refractivity contribution is 0.310. The third-order valence-corrected chi connectivity index (χ3v) is 3.14. The minimum atomic E-state index is -0.0130. The average molecular weight is 268 g/mol. The molecule has 1 aromatic carbocycles. The maximum absolute atomic E-state index is 7.29. The predicted molar refractivity (Wildman–Crippen MR) is 68.9 cm³/mol. The molecule has 0 radical (unpaired) electrons. The number of rotatable bonds is 4. The highest BCUT2D eigenvalue weighted by molar-refractivity contribution is 7.09. The highest BCUT2D eigenvalue weighted by Gasteiger charge is 2.05. The van der Waals surface area contributed by atoms with Crippen molar-refractivity contribution in [2.24, 2.45) is 5.73 Å². The second-order valence-corrected chi connectivity index (χ2v) is 4.69. The van der Waals surface area contributed by atoms with Crippen LogP contribution in [0.1, 0.15) is 10.4 Å². The van der Waals surface area contributed by atoms with Crippen LogP contribution < -0.4 is 10.5 Å². The fraction of sp³-hybridized carbons (Fsp3) is 0.0909. The molecule has 0 amide bonds. The molecule has 0 saturated carbocycles. The van der Waals surface area contributed by atoms with Crippen molar-refractivity contribution in [3.63, 3.8) is 0 Å². The van der Waals surface area contributed by atoms with E-state index in [9.17, 15) is 0 Å². The highest BCUT2D eigenvalue weighted by atomic mass is 35.5. The van der Waals surface area contributed by atoms with Crippen molar-refractivity contribution in [2.75, 3.05) is 0 Å². The second kappa shape index (κ2) is 5.16. The van der Waals surface area contributed by atoms with Gasteiger partial charge in [-0.25, -0.2) is 0 Å². The van der Waals surface area contributed by atoms with E-state index in [1.807, 2.05) is 0 Å². The molecule has 4 nitrogen and oxygen atoms in total. The number of nitrogen functional groups attached to an aromatic ring is 1. The number of amidine groups is 1. The summed E-state index contributed by atoms with van der Waals surface area (Å²) in [6, 6.07) is 5.03. The normalized spacial score (nSPS) is 10.2. The Morgan fingerprint density at radius 1 is 1.53 bits per heavy atom. The van der Waals surface area contributed by atoms with Gasteiger partial charge in [-0.15, -0.1) is 11.3 Å². The van der Waals surface area contributed by atoms with Gasteiger partial charge in [0.1, 0.15) is 18.2 Å². The molecule has 0 aliphatic carbocycles. The SMILES string of the molecule is N=C(N)c1ccc(OCc2cncs2)c(Cl)c1. The smallest absolute Gasteiger partial charge is 0.138 e. The van der Waals surface area contributed by atoms with E-state index in [0.717, 1.165) is 4.88 Å². The molecule has 1 aromatic heterocycles. The van der Waals surface area contributed by atoms with E-state index in [0.29, 0.717) is 22.9 Å². The van der Waals surface area contributed by atoms with Gasteiger partial charge >= 0.3 is 0 Å². The number of hydrogen-bond donors (Lipinski definition) is 2. The van der Waals surface area contributed by atoms with Gasteiger partial charge in [0, 0.05) is 11.8 Å². The number of nitrogens with zero attached hydrogens (tertiary/aromatic N) is 1. The first-order chi connectivity index (χ1) is 8.16. The Kier molecular flexibility index (Phi) is 3.61. The lowest BCUT2D eigenvalue weighted by Crippen LogP contribution is -2.10. The van der Waals surface area contributed by atoms with Crippen LogP contribution in [0.5, 0.6) is 5.75 Å². The third kappa shape index (κ3) is 2.95. The molecule has 0 aliphatic heterocycles. The fourth-order valence-corrected chi connectivity index (χ4v) is 1.99. The Balaban J connectivity index is 2.09. The van der Waals surface area contributed by atoms with Crippen LogP contribution in [-0.4, -0.2) is 10.8 Å². The summed E-state index contributed by atoms with van der Waals surface area (Å²) in [6.45, 7) is 0.434. The Morgan fingerprint density at radius 2 is 2.35 bits per heavy atom. The number of thiazole rings is 1. The van der Waals surface area contributed by atoms with Gasteiger partial charge in [-0.05, 0) is 18.2 Å². The van der Waals surface area contributed by atoms with Crippen molar-refractivity contribution in [1.29, 1.82) is 5.41 Å². The predicted octanol–water partition coefficient (Wildman–Crippen LogP) is 2.66. The van der Waals surface area contributed by atoms with E-state index in [1.165, 1.54) is 11.3 Å². The first-order valence-corrected chi connectivity index (χ1v) is 6.06. The first kappa shape index (κ1) is 11.9. The first-order valence-electron chi connectivity index (χ1n) is 4.81. The van der Waals surface area contributed by atoms with Gasteiger partial charge in [0.2, 0.25) is 0 Å². The summed E-state index contributed by atoms with van der Waals surface area (Å²) in [5.41, 5.74) is 7.69. The highest BCUT2D eigenvalue weighted by Crippen LogP contribution is 2.26. The monoisotopic (exact) mass is 267 g/mol. The fourth-order valence-electron chi connectivity index (χ4n) is 1.25. The van der Waals surface area contributed by atoms with E-state index < -0.39 is 0 Å². The van der Waals surface area contributed by atoms with Crippen molar-refractivity contribution in [2.45, 2.75) is 6.61 Å². The molecular weight excluding hydrogens is 258 g/mol. The number of hydrogen-bond acceptors (Lipinski definition) is 4. The molecule has 0 atom stereocenters. The molecule has 2 aromatic rings. The molecule has 2 rings (SSSR count). The van der Waals surface area contributed by atoms with E-state index in [2.05, 4.69) is 4.98 Å². The Bertz CT molecular complexity index is 528. The number of benzene rings is 1. The summed E-state index contributed by atoms with van der Waals surface area (Å²) in [6.07, 6.45) is 1.75. The molecule has 1 heterocycles. The van der Waals surface area contributed by atoms with Crippen molar-refractivity contribution >= 4 is 28.8 Å². The van der Waals surface area contributed by atoms with Crippen LogP contribution >= 0.6 is 22.9 Å². The van der Waals surface area contributed by atoms with Crippen molar-refractivity contribution in [1.82, 2.24) is 4.98 Å². The van der Waals surface area contributed by atoms with Crippen LogP contribution in [0.25, 0.3) is 0 Å². The summed E-state index contributed by atoms with van der Waals surface area (Å²) >= 11 is 7.55. The van der Waals surface area contributed by atoms with Crippen LogP contribution in [0.3, 0.4) is 0 Å². The van der Waals surface area contributed by atoms with Gasteiger partial charge in [-0.2, -0.15) is 0 Å². The second-order valence-electron chi connectivity index (χ2n) is 3.32. The van der Waals surface area contributed by atoms with E-state index >= 15 is 0 Å². The minimum absolute atomic E-state index is 0.0130. The maximum Gasteiger partial charge on any atom is 0.138 e. The molecule has 17 heavy (non-hydrogen) atoms. The maximum atomic E-state index is 7.29. The van der Waals surface area contributed by atoms with Crippen LogP contribution in [0.4, 0.5) is 0 Å². The summed E-state index contributed by atoms with van der Waals surface area (Å²) in [5, 5.41) is 7.74. The largest absolute Gasteiger partial charge is 0.486 e. The number of aromatic nitrogens is 1. The van der Waals surface area contributed by atoms with E-state index in [-0.39, 0.29) is 5.84 Å². The van der Waals surface area contributed by atoms with Crippen LogP contribution in [0.2, 0.25) is 5.02 Å². The van der Waals surface area contributed by atoms with Gasteiger partial charge in [-0.1, -0.05) is 11.6 Å². The molecule has 0 unspecified atom stereocenters. The molecule has 0 aliphatic rings. The summed E-state index contributed by atoms with van der Waals surface area (Å²) in [5.74, 6) is 0.561. The molecule has 0 spiro atoms. The summed E-state index contributed by atoms with van der Waals surface area (Å²) in [7, 11) is 0. The van der Waals surface area contributed by atoms with Crippen molar-refractivity contribution in [3.8, 4) is 5.75 Å². The lowest BCUT2D eigenvalue weighted by atomic mass is 10.2. The number of nitrogens with two attached hydrogens (primary N) is 1. The average Bonchev–Trinajstić information content (AvgIpc) is 2.80. The topological polar surface area (TPSA) is 72.0 Å². The third-order valence-electron chi connectivity index (χ3n) is 2.10. The molecule has 0 bridgehead atoms. The van der Waals surface area contributed by atoms with E-state index in [1.54, 1.807) is 29.9 Å². The van der Waals surface area contributed by atoms with Crippen LogP contribution in [-0.2, 0) is 6.61 Å². The standard InChI is InChI=1S/C11H10ClN3OS/c12-9-3-7(11(13)14)1-2-10(9)16-5-8-4-15-6-17-8/h1-4,6H,5H2,(H3,13,14). The van der Waals surface area contributed by atoms with Crippen molar-refractivity contribution < 1.29 is 4.74 Å². The molecule has 0 saturated heterocycles. The number of halogens is 1. The van der Waals surface area contributed by atoms with Gasteiger partial charge in [0.05, 0.1) is 15.4 Å². The van der Waals surface area contributed by atoms with Gasteiger partial charge < -0.3 is 10.5 Å². The van der Waals surface area contributed by atoms with Crippen LogP contribution in [0.15, 0.2) is 29.9 Å². The molecule has 6 heteroatoms. The molecule has 3 N–H and O–H groups in total. The lowest BCUT2D eigenvalue weighted by Gasteiger charge is -2.07. The van der Waals surface area contributed by atoms with Crippen LogP contribution in [0, 0.1) is 5.41 Å². The Hall–Kier alpha value is -1.59. The zero-order chi connectivity index (χ0) is 12.3. The Labute approximate surface area is 108 Å². The van der Waals surface area contributed by atoms with Crippen molar-refractivity contribution in [3.05, 3.63) is 45.4 Å². The Morgan fingerprint density at radius 3 is 2.94 bits per heavy atom. The summed E-state index contributed by atoms with van der Waals surface area (Å²) in [4.78, 5) is 4.98. The quantitative estimate of drug-likeness (QED) is 0.661. The number of nitrogens with one attached hydrogen (secondary N) is 1. The summed E-state index contributed by atoms with van der Waals surface area (Å²) < 4.78 is 5.54. The van der Waals surface area contributed by atoms with Gasteiger partial charge in [0.25, 0.3) is 0 Å².